The minimum Gasteiger partial charge on any atom is -0.467 e. The largest absolute Gasteiger partial charge is 0.467 e. The van der Waals surface area contributed by atoms with Crippen molar-refractivity contribution >= 4 is 11.8 Å². The van der Waals surface area contributed by atoms with E-state index in [-0.39, 0.29) is 23.3 Å². The summed E-state index contributed by atoms with van der Waals surface area (Å²) >= 11 is 0. The zero-order valence-electron chi connectivity index (χ0n) is 14.9. The summed E-state index contributed by atoms with van der Waals surface area (Å²) < 4.78 is 41.9. The lowest BCUT2D eigenvalue weighted by Gasteiger charge is -2.33. The summed E-state index contributed by atoms with van der Waals surface area (Å²) in [5, 5.41) is 0. The second kappa shape index (κ2) is 8.14. The monoisotopic (exact) mass is 385 g/mol. The van der Waals surface area contributed by atoms with E-state index in [0.717, 1.165) is 25.9 Å². The number of ether oxygens (including phenoxy) is 1. The van der Waals surface area contributed by atoms with Crippen molar-refractivity contribution in [2.45, 2.75) is 31.9 Å². The quantitative estimate of drug-likeness (QED) is 0.799. The number of likely N-dealkylation sites (tertiary alicyclic amines) is 2. The number of pyridine rings is 1. The molecule has 2 saturated heterocycles. The van der Waals surface area contributed by atoms with E-state index in [9.17, 15) is 22.8 Å². The first-order chi connectivity index (χ1) is 12.8. The third-order valence-corrected chi connectivity index (χ3v) is 4.92. The summed E-state index contributed by atoms with van der Waals surface area (Å²) in [5.41, 5.74) is 0.00562. The number of nitrogens with zero attached hydrogens (tertiary/aromatic N) is 3. The molecule has 0 unspecified atom stereocenters. The van der Waals surface area contributed by atoms with Gasteiger partial charge in [0.05, 0.1) is 0 Å². The lowest BCUT2D eigenvalue weighted by molar-refractivity contribution is -0.154. The fourth-order valence-electron chi connectivity index (χ4n) is 3.51. The van der Waals surface area contributed by atoms with Crippen molar-refractivity contribution in [3.63, 3.8) is 0 Å². The van der Waals surface area contributed by atoms with Gasteiger partial charge in [-0.1, -0.05) is 0 Å². The number of hydrogen-bond donors (Lipinski definition) is 0. The fourth-order valence-corrected chi connectivity index (χ4v) is 3.51. The Labute approximate surface area is 155 Å². The number of halogens is 3. The Morgan fingerprint density at radius 3 is 2.41 bits per heavy atom. The number of piperidine rings is 1. The number of hydrogen-bond acceptors (Lipinski definition) is 4. The SMILES string of the molecule is O=C(c1cccnc1OCC(F)(F)F)N1CCC(C(=O)N2CCCC2)CC1. The summed E-state index contributed by atoms with van der Waals surface area (Å²) in [6.07, 6.45) is -0.0503. The molecule has 0 N–H and O–H groups in total. The molecule has 0 aliphatic carbocycles. The maximum absolute atomic E-state index is 12.7. The first-order valence-corrected chi connectivity index (χ1v) is 9.08. The van der Waals surface area contributed by atoms with Crippen LogP contribution in [0.5, 0.6) is 5.88 Å². The highest BCUT2D eigenvalue weighted by molar-refractivity contribution is 5.96. The molecule has 27 heavy (non-hydrogen) atoms. The molecule has 0 aromatic carbocycles. The molecule has 6 nitrogen and oxygen atoms in total. The number of rotatable bonds is 4. The van der Waals surface area contributed by atoms with Gasteiger partial charge in [0.1, 0.15) is 5.56 Å². The fraction of sp³-hybridized carbons (Fsp3) is 0.611. The number of carbonyl (C=O) groups is 2. The average Bonchev–Trinajstić information content (AvgIpc) is 3.20. The molecular formula is C18H22F3N3O3. The predicted octanol–water partition coefficient (Wildman–Crippen LogP) is 2.50. The molecule has 2 aliphatic heterocycles. The zero-order valence-corrected chi connectivity index (χ0v) is 14.9. The number of amides is 2. The summed E-state index contributed by atoms with van der Waals surface area (Å²) in [5.74, 6) is -0.695. The van der Waals surface area contributed by atoms with E-state index in [1.807, 2.05) is 4.90 Å². The van der Waals surface area contributed by atoms with Crippen molar-refractivity contribution in [1.29, 1.82) is 0 Å². The highest BCUT2D eigenvalue weighted by Gasteiger charge is 2.33. The zero-order chi connectivity index (χ0) is 19.4. The van der Waals surface area contributed by atoms with Gasteiger partial charge in [-0.05, 0) is 37.8 Å². The lowest BCUT2D eigenvalue weighted by atomic mass is 9.95. The van der Waals surface area contributed by atoms with Crippen molar-refractivity contribution in [2.24, 2.45) is 5.92 Å². The molecular weight excluding hydrogens is 363 g/mol. The van der Waals surface area contributed by atoms with Crippen LogP contribution >= 0.6 is 0 Å². The molecule has 1 aromatic heterocycles. The van der Waals surface area contributed by atoms with Crippen LogP contribution in [0.15, 0.2) is 18.3 Å². The molecule has 3 rings (SSSR count). The Morgan fingerprint density at radius 1 is 1.11 bits per heavy atom. The highest BCUT2D eigenvalue weighted by atomic mass is 19.4. The molecule has 0 spiro atoms. The first-order valence-electron chi connectivity index (χ1n) is 9.08. The van der Waals surface area contributed by atoms with E-state index in [1.165, 1.54) is 18.3 Å². The maximum atomic E-state index is 12.7. The molecule has 1 aromatic rings. The number of carbonyl (C=O) groups excluding carboxylic acids is 2. The smallest absolute Gasteiger partial charge is 0.422 e. The number of aromatic nitrogens is 1. The predicted molar refractivity (Wildman–Crippen MR) is 90.2 cm³/mol. The molecule has 0 saturated carbocycles. The van der Waals surface area contributed by atoms with Crippen LogP contribution in [0, 0.1) is 5.92 Å². The van der Waals surface area contributed by atoms with Gasteiger partial charge in [-0.25, -0.2) is 4.98 Å². The molecule has 148 valence electrons. The molecule has 2 aliphatic rings. The minimum absolute atomic E-state index is 0.00562. The van der Waals surface area contributed by atoms with Crippen LogP contribution in [0.4, 0.5) is 13.2 Å². The Bertz CT molecular complexity index is 682. The van der Waals surface area contributed by atoms with E-state index in [4.69, 9.17) is 4.74 Å². The van der Waals surface area contributed by atoms with E-state index in [2.05, 4.69) is 4.98 Å². The van der Waals surface area contributed by atoms with Gasteiger partial charge < -0.3 is 14.5 Å². The Balaban J connectivity index is 1.60. The van der Waals surface area contributed by atoms with E-state index >= 15 is 0 Å². The third-order valence-electron chi connectivity index (χ3n) is 4.92. The van der Waals surface area contributed by atoms with Crippen LogP contribution in [0.1, 0.15) is 36.0 Å². The van der Waals surface area contributed by atoms with Gasteiger partial charge in [0, 0.05) is 38.3 Å². The first kappa shape index (κ1) is 19.4. The van der Waals surface area contributed by atoms with Gasteiger partial charge in [-0.2, -0.15) is 13.2 Å². The third kappa shape index (κ3) is 4.90. The molecule has 0 atom stereocenters. The van der Waals surface area contributed by atoms with E-state index in [0.29, 0.717) is 25.9 Å². The van der Waals surface area contributed by atoms with Gasteiger partial charge in [0.2, 0.25) is 11.8 Å². The number of alkyl halides is 3. The van der Waals surface area contributed by atoms with Crippen molar-refractivity contribution in [3.05, 3.63) is 23.9 Å². The maximum Gasteiger partial charge on any atom is 0.422 e. The Kier molecular flexibility index (Phi) is 5.86. The Hall–Kier alpha value is -2.32. The van der Waals surface area contributed by atoms with Gasteiger partial charge in [0.15, 0.2) is 6.61 Å². The minimum atomic E-state index is -4.51. The lowest BCUT2D eigenvalue weighted by Crippen LogP contribution is -2.43. The van der Waals surface area contributed by atoms with Crippen LogP contribution in [0.3, 0.4) is 0 Å². The van der Waals surface area contributed by atoms with Crippen molar-refractivity contribution in [3.8, 4) is 5.88 Å². The second-order valence-corrected chi connectivity index (χ2v) is 6.86. The summed E-state index contributed by atoms with van der Waals surface area (Å²) in [6.45, 7) is 0.866. The van der Waals surface area contributed by atoms with Gasteiger partial charge >= 0.3 is 6.18 Å². The molecule has 0 bridgehead atoms. The van der Waals surface area contributed by atoms with Crippen LogP contribution in [-0.4, -0.2) is 65.6 Å². The normalized spacial score (nSPS) is 18.6. The topological polar surface area (TPSA) is 62.7 Å². The molecule has 3 heterocycles. The summed E-state index contributed by atoms with van der Waals surface area (Å²) in [7, 11) is 0. The average molecular weight is 385 g/mol. The second-order valence-electron chi connectivity index (χ2n) is 6.86. The molecule has 2 fully saturated rings. The standard InChI is InChI=1S/C18H22F3N3O3/c19-18(20,21)12-27-15-14(4-3-7-22-15)17(26)24-10-5-13(6-11-24)16(25)23-8-1-2-9-23/h3-4,7,13H,1-2,5-6,8-12H2. The molecule has 0 radical (unpaired) electrons. The highest BCUT2D eigenvalue weighted by Crippen LogP contribution is 2.26. The van der Waals surface area contributed by atoms with Crippen molar-refractivity contribution < 1.29 is 27.5 Å². The van der Waals surface area contributed by atoms with Crippen LogP contribution < -0.4 is 4.74 Å². The Morgan fingerprint density at radius 2 is 1.78 bits per heavy atom. The van der Waals surface area contributed by atoms with Crippen LogP contribution in [0.2, 0.25) is 0 Å². The van der Waals surface area contributed by atoms with Crippen LogP contribution in [0.25, 0.3) is 0 Å². The molecule has 9 heteroatoms. The summed E-state index contributed by atoms with van der Waals surface area (Å²) in [6, 6.07) is 2.89. The van der Waals surface area contributed by atoms with Crippen molar-refractivity contribution in [2.75, 3.05) is 32.8 Å². The van der Waals surface area contributed by atoms with Gasteiger partial charge in [-0.15, -0.1) is 0 Å². The van der Waals surface area contributed by atoms with E-state index < -0.39 is 18.7 Å². The van der Waals surface area contributed by atoms with Crippen LogP contribution in [-0.2, 0) is 4.79 Å². The van der Waals surface area contributed by atoms with E-state index in [1.54, 1.807) is 4.90 Å². The molecule has 2 amide bonds. The van der Waals surface area contributed by atoms with Crippen molar-refractivity contribution in [1.82, 2.24) is 14.8 Å². The summed E-state index contributed by atoms with van der Waals surface area (Å²) in [4.78, 5) is 32.4. The van der Waals surface area contributed by atoms with Gasteiger partial charge in [-0.3, -0.25) is 9.59 Å². The van der Waals surface area contributed by atoms with Gasteiger partial charge in [0.25, 0.3) is 5.91 Å².